The molecule has 17 heavy (non-hydrogen) atoms. The molecule has 0 amide bonds. The highest BCUT2D eigenvalue weighted by Gasteiger charge is 2.22. The third kappa shape index (κ3) is 2.76. The molecule has 1 aliphatic heterocycles. The summed E-state index contributed by atoms with van der Waals surface area (Å²) in [6.45, 7) is 2.90. The number of rotatable bonds is 4. The fraction of sp³-hybridized carbons (Fsp3) is 0.636. The quantitative estimate of drug-likeness (QED) is 0.833. The molecule has 0 unspecified atom stereocenters. The Bertz CT molecular complexity index is 399. The third-order valence-electron chi connectivity index (χ3n) is 2.72. The first-order valence-corrected chi connectivity index (χ1v) is 6.42. The van der Waals surface area contributed by atoms with Gasteiger partial charge in [-0.25, -0.2) is 4.79 Å². The molecule has 0 spiro atoms. The van der Waals surface area contributed by atoms with Crippen LogP contribution in [0, 0.1) is 6.92 Å². The summed E-state index contributed by atoms with van der Waals surface area (Å²) in [5, 5.41) is 3.70. The van der Waals surface area contributed by atoms with E-state index in [1.807, 2.05) is 0 Å². The summed E-state index contributed by atoms with van der Waals surface area (Å²) in [6, 6.07) is 0. The van der Waals surface area contributed by atoms with Crippen LogP contribution >= 0.6 is 11.5 Å². The highest BCUT2D eigenvalue weighted by molar-refractivity contribution is 7.10. The Morgan fingerprint density at radius 1 is 1.71 bits per heavy atom. The topological polar surface area (TPSA) is 60.5 Å². The number of nitrogens with zero attached hydrogens (tertiary/aromatic N) is 1. The first-order chi connectivity index (χ1) is 8.22. The van der Waals surface area contributed by atoms with E-state index in [-0.39, 0.29) is 12.1 Å². The van der Waals surface area contributed by atoms with Gasteiger partial charge in [-0.05, 0) is 31.3 Å². The molecule has 1 aromatic rings. The number of aryl methyl sites for hydroxylation is 1. The second-order valence-corrected chi connectivity index (χ2v) is 4.73. The average Bonchev–Trinajstić information content (AvgIpc) is 2.94. The predicted molar refractivity (Wildman–Crippen MR) is 65.7 cm³/mol. The standard InChI is InChI=1S/C11H16N2O3S/c1-7-9(10(12-2)17-13-7)11(14)16-6-8-4-3-5-15-8/h8,12H,3-6H2,1-2H3/t8-/m1/s1. The number of anilines is 1. The largest absolute Gasteiger partial charge is 0.459 e. The lowest BCUT2D eigenvalue weighted by molar-refractivity contribution is 0.0161. The van der Waals surface area contributed by atoms with Gasteiger partial charge in [0.2, 0.25) is 0 Å². The van der Waals surface area contributed by atoms with E-state index in [1.165, 1.54) is 11.5 Å². The molecule has 2 heterocycles. The van der Waals surface area contributed by atoms with Crippen LogP contribution in [0.5, 0.6) is 0 Å². The summed E-state index contributed by atoms with van der Waals surface area (Å²) in [5.74, 6) is -0.323. The van der Waals surface area contributed by atoms with Gasteiger partial charge in [-0.2, -0.15) is 4.37 Å². The first kappa shape index (κ1) is 12.3. The van der Waals surface area contributed by atoms with E-state index in [4.69, 9.17) is 9.47 Å². The van der Waals surface area contributed by atoms with Gasteiger partial charge in [0, 0.05) is 13.7 Å². The number of esters is 1. The summed E-state index contributed by atoms with van der Waals surface area (Å²) < 4.78 is 14.8. The average molecular weight is 256 g/mol. The van der Waals surface area contributed by atoms with Gasteiger partial charge in [-0.3, -0.25) is 0 Å². The summed E-state index contributed by atoms with van der Waals surface area (Å²) >= 11 is 1.27. The Kier molecular flexibility index (Phi) is 3.96. The Morgan fingerprint density at radius 2 is 2.53 bits per heavy atom. The highest BCUT2D eigenvalue weighted by atomic mass is 32.1. The predicted octanol–water partition coefficient (Wildman–Crippen LogP) is 1.83. The minimum atomic E-state index is -0.323. The Morgan fingerprint density at radius 3 is 3.18 bits per heavy atom. The maximum atomic E-state index is 11.9. The van der Waals surface area contributed by atoms with E-state index in [1.54, 1.807) is 14.0 Å². The van der Waals surface area contributed by atoms with Crippen molar-refractivity contribution in [1.82, 2.24) is 4.37 Å². The molecular formula is C11H16N2O3S. The van der Waals surface area contributed by atoms with Crippen LogP contribution in [0.1, 0.15) is 28.9 Å². The van der Waals surface area contributed by atoms with Gasteiger partial charge in [-0.15, -0.1) is 0 Å². The second kappa shape index (κ2) is 5.46. The molecule has 1 N–H and O–H groups in total. The Hall–Kier alpha value is -1.14. The van der Waals surface area contributed by atoms with Gasteiger partial charge in [0.05, 0.1) is 11.8 Å². The lowest BCUT2D eigenvalue weighted by Gasteiger charge is -2.10. The second-order valence-electron chi connectivity index (χ2n) is 3.96. The Balaban J connectivity index is 1.96. The van der Waals surface area contributed by atoms with Crippen molar-refractivity contribution in [1.29, 1.82) is 0 Å². The normalized spacial score (nSPS) is 19.3. The molecule has 0 saturated carbocycles. The van der Waals surface area contributed by atoms with Crippen LogP contribution in [0.15, 0.2) is 0 Å². The van der Waals surface area contributed by atoms with Crippen molar-refractivity contribution >= 4 is 22.5 Å². The third-order valence-corrected chi connectivity index (χ3v) is 3.67. The molecule has 94 valence electrons. The zero-order valence-electron chi connectivity index (χ0n) is 9.99. The van der Waals surface area contributed by atoms with Gasteiger partial charge >= 0.3 is 5.97 Å². The number of ether oxygens (including phenoxy) is 2. The minimum Gasteiger partial charge on any atom is -0.459 e. The van der Waals surface area contributed by atoms with E-state index < -0.39 is 0 Å². The lowest BCUT2D eigenvalue weighted by atomic mass is 10.2. The summed E-state index contributed by atoms with van der Waals surface area (Å²) in [6.07, 6.45) is 2.07. The molecule has 0 bridgehead atoms. The number of carbonyl (C=O) groups is 1. The molecule has 5 nitrogen and oxygen atoms in total. The SMILES string of the molecule is CNc1snc(C)c1C(=O)OC[C@H]1CCCO1. The maximum absolute atomic E-state index is 11.9. The lowest BCUT2D eigenvalue weighted by Crippen LogP contribution is -2.18. The van der Waals surface area contributed by atoms with Crippen LogP contribution in [-0.2, 0) is 9.47 Å². The van der Waals surface area contributed by atoms with Crippen molar-refractivity contribution in [2.45, 2.75) is 25.9 Å². The smallest absolute Gasteiger partial charge is 0.343 e. The molecule has 1 aliphatic rings. The fourth-order valence-corrected chi connectivity index (χ4v) is 2.53. The van der Waals surface area contributed by atoms with Gasteiger partial charge in [0.1, 0.15) is 17.2 Å². The first-order valence-electron chi connectivity index (χ1n) is 5.65. The molecule has 0 aromatic carbocycles. The van der Waals surface area contributed by atoms with Crippen LogP contribution in [0.2, 0.25) is 0 Å². The van der Waals surface area contributed by atoms with Crippen LogP contribution in [-0.4, -0.2) is 36.7 Å². The molecule has 0 aliphatic carbocycles. The van der Waals surface area contributed by atoms with E-state index in [9.17, 15) is 4.79 Å². The van der Waals surface area contributed by atoms with Crippen LogP contribution in [0.4, 0.5) is 5.00 Å². The monoisotopic (exact) mass is 256 g/mol. The molecule has 1 aromatic heterocycles. The van der Waals surface area contributed by atoms with E-state index in [0.29, 0.717) is 17.9 Å². The van der Waals surface area contributed by atoms with Crippen molar-refractivity contribution in [3.05, 3.63) is 11.3 Å². The van der Waals surface area contributed by atoms with Gasteiger partial charge in [-0.1, -0.05) is 0 Å². The highest BCUT2D eigenvalue weighted by Crippen LogP contribution is 2.25. The number of hydrogen-bond acceptors (Lipinski definition) is 6. The molecule has 0 radical (unpaired) electrons. The van der Waals surface area contributed by atoms with E-state index >= 15 is 0 Å². The molecule has 1 atom stereocenters. The maximum Gasteiger partial charge on any atom is 0.343 e. The van der Waals surface area contributed by atoms with Crippen LogP contribution in [0.25, 0.3) is 0 Å². The molecule has 2 rings (SSSR count). The van der Waals surface area contributed by atoms with Gasteiger partial charge in [0.15, 0.2) is 0 Å². The van der Waals surface area contributed by atoms with Crippen molar-refractivity contribution in [2.24, 2.45) is 0 Å². The number of nitrogens with one attached hydrogen (secondary N) is 1. The summed E-state index contributed by atoms with van der Waals surface area (Å²) in [4.78, 5) is 11.9. The number of aromatic nitrogens is 1. The molecular weight excluding hydrogens is 240 g/mol. The van der Waals surface area contributed by atoms with Crippen molar-refractivity contribution in [2.75, 3.05) is 25.6 Å². The molecule has 1 saturated heterocycles. The van der Waals surface area contributed by atoms with Crippen LogP contribution in [0.3, 0.4) is 0 Å². The summed E-state index contributed by atoms with van der Waals surface area (Å²) in [5.41, 5.74) is 1.24. The minimum absolute atomic E-state index is 0.0592. The number of carbonyl (C=O) groups excluding carboxylic acids is 1. The number of hydrogen-bond donors (Lipinski definition) is 1. The van der Waals surface area contributed by atoms with Crippen molar-refractivity contribution in [3.63, 3.8) is 0 Å². The Labute approximate surface area is 104 Å². The van der Waals surface area contributed by atoms with Crippen LogP contribution < -0.4 is 5.32 Å². The van der Waals surface area contributed by atoms with E-state index in [2.05, 4.69) is 9.69 Å². The van der Waals surface area contributed by atoms with Gasteiger partial charge < -0.3 is 14.8 Å². The van der Waals surface area contributed by atoms with Crippen molar-refractivity contribution < 1.29 is 14.3 Å². The molecule has 1 fully saturated rings. The zero-order chi connectivity index (χ0) is 12.3. The van der Waals surface area contributed by atoms with Gasteiger partial charge in [0.25, 0.3) is 0 Å². The molecule has 6 heteroatoms. The van der Waals surface area contributed by atoms with Crippen molar-refractivity contribution in [3.8, 4) is 0 Å². The summed E-state index contributed by atoms with van der Waals surface area (Å²) in [7, 11) is 1.77. The fourth-order valence-electron chi connectivity index (χ4n) is 1.80. The zero-order valence-corrected chi connectivity index (χ0v) is 10.8. The van der Waals surface area contributed by atoms with E-state index in [0.717, 1.165) is 24.4 Å².